The Bertz CT molecular complexity index is 747. The molecule has 0 saturated carbocycles. The molecule has 5 nitrogen and oxygen atoms in total. The first-order valence-electron chi connectivity index (χ1n) is 7.80. The number of amides is 2. The van der Waals surface area contributed by atoms with E-state index in [1.54, 1.807) is 32.6 Å². The van der Waals surface area contributed by atoms with Gasteiger partial charge in [-0.1, -0.05) is 35.9 Å². The zero-order chi connectivity index (χ0) is 18.1. The Morgan fingerprint density at radius 1 is 1.12 bits per heavy atom. The molecule has 0 heterocycles. The predicted molar refractivity (Wildman–Crippen MR) is 100 cm³/mol. The van der Waals surface area contributed by atoms with E-state index in [1.807, 2.05) is 36.4 Å². The van der Waals surface area contributed by atoms with Crippen LogP contribution in [-0.4, -0.2) is 26.8 Å². The van der Waals surface area contributed by atoms with Crippen LogP contribution >= 0.6 is 11.6 Å². The molecular formula is C19H21ClN2O3. The summed E-state index contributed by atoms with van der Waals surface area (Å²) in [6, 6.07) is 12.8. The lowest BCUT2D eigenvalue weighted by Crippen LogP contribution is -2.33. The third-order valence-corrected chi connectivity index (χ3v) is 3.87. The van der Waals surface area contributed by atoms with Crippen LogP contribution in [0.5, 0.6) is 11.5 Å². The molecule has 2 aromatic carbocycles. The molecule has 6 heteroatoms. The Labute approximate surface area is 152 Å². The number of carbonyl (C=O) groups excluding carboxylic acids is 1. The molecule has 0 aliphatic carbocycles. The maximum atomic E-state index is 11.8. The van der Waals surface area contributed by atoms with Crippen LogP contribution in [0, 0.1) is 0 Å². The van der Waals surface area contributed by atoms with Crippen LogP contribution in [0.3, 0.4) is 0 Å². The molecule has 0 unspecified atom stereocenters. The average molecular weight is 361 g/mol. The number of hydrogen-bond donors (Lipinski definition) is 2. The number of hydrogen-bond acceptors (Lipinski definition) is 3. The predicted octanol–water partition coefficient (Wildman–Crippen LogP) is 3.87. The van der Waals surface area contributed by atoms with E-state index in [4.69, 9.17) is 21.1 Å². The first-order valence-corrected chi connectivity index (χ1v) is 8.18. The standard InChI is InChI=1S/C19H21ClN2O3/c1-24-17-8-7-14(13-18(17)25-2)9-11-21-19(23)22-12-10-15-5-3-4-6-16(15)20/h3-8,10,12-13H,9,11H2,1-2H3,(H2,21,22,23)/b12-10+. The SMILES string of the molecule is COc1ccc(CCNC(=O)N/C=C/c2ccccc2Cl)cc1OC. The van der Waals surface area contributed by atoms with Crippen molar-refractivity contribution in [3.8, 4) is 11.5 Å². The van der Waals surface area contributed by atoms with Gasteiger partial charge in [0.25, 0.3) is 0 Å². The summed E-state index contributed by atoms with van der Waals surface area (Å²) in [5.41, 5.74) is 1.89. The van der Waals surface area contributed by atoms with Crippen LogP contribution in [0.4, 0.5) is 4.79 Å². The van der Waals surface area contributed by atoms with Crippen molar-refractivity contribution in [2.75, 3.05) is 20.8 Å². The molecule has 0 fully saturated rings. The number of methoxy groups -OCH3 is 2. The van der Waals surface area contributed by atoms with Crippen LogP contribution in [0.25, 0.3) is 6.08 Å². The number of nitrogens with one attached hydrogen (secondary N) is 2. The molecule has 0 bridgehead atoms. The zero-order valence-corrected chi connectivity index (χ0v) is 15.0. The molecule has 0 aliphatic heterocycles. The average Bonchev–Trinajstić information content (AvgIpc) is 2.63. The van der Waals surface area contributed by atoms with E-state index in [1.165, 1.54) is 0 Å². The summed E-state index contributed by atoms with van der Waals surface area (Å²) < 4.78 is 10.5. The summed E-state index contributed by atoms with van der Waals surface area (Å²) in [7, 11) is 3.19. The molecule has 2 N–H and O–H groups in total. The maximum absolute atomic E-state index is 11.8. The third kappa shape index (κ3) is 5.72. The van der Waals surface area contributed by atoms with Gasteiger partial charge in [0, 0.05) is 17.8 Å². The van der Waals surface area contributed by atoms with E-state index < -0.39 is 0 Å². The van der Waals surface area contributed by atoms with E-state index in [0.29, 0.717) is 29.5 Å². The summed E-state index contributed by atoms with van der Waals surface area (Å²) in [5.74, 6) is 1.36. The van der Waals surface area contributed by atoms with Crippen molar-refractivity contribution in [2.45, 2.75) is 6.42 Å². The normalized spacial score (nSPS) is 10.5. The number of benzene rings is 2. The third-order valence-electron chi connectivity index (χ3n) is 3.53. The molecule has 2 rings (SSSR count). The van der Waals surface area contributed by atoms with Gasteiger partial charge in [-0.05, 0) is 41.8 Å². The van der Waals surface area contributed by atoms with Crippen molar-refractivity contribution in [1.82, 2.24) is 10.6 Å². The van der Waals surface area contributed by atoms with Gasteiger partial charge in [-0.2, -0.15) is 0 Å². The van der Waals surface area contributed by atoms with Crippen molar-refractivity contribution in [1.29, 1.82) is 0 Å². The van der Waals surface area contributed by atoms with Gasteiger partial charge in [0.1, 0.15) is 0 Å². The van der Waals surface area contributed by atoms with Gasteiger partial charge in [-0.15, -0.1) is 0 Å². The van der Waals surface area contributed by atoms with Crippen molar-refractivity contribution in [3.63, 3.8) is 0 Å². The Morgan fingerprint density at radius 3 is 2.60 bits per heavy atom. The highest BCUT2D eigenvalue weighted by Gasteiger charge is 2.05. The van der Waals surface area contributed by atoms with Crippen molar-refractivity contribution < 1.29 is 14.3 Å². The summed E-state index contributed by atoms with van der Waals surface area (Å²) in [5, 5.41) is 6.08. The van der Waals surface area contributed by atoms with Crippen molar-refractivity contribution in [2.24, 2.45) is 0 Å². The molecule has 0 atom stereocenters. The summed E-state index contributed by atoms with van der Waals surface area (Å²) in [6.45, 7) is 0.501. The molecule has 0 aliphatic rings. The topological polar surface area (TPSA) is 59.6 Å². The molecule has 132 valence electrons. The molecule has 0 spiro atoms. The molecule has 0 radical (unpaired) electrons. The number of rotatable bonds is 7. The lowest BCUT2D eigenvalue weighted by atomic mass is 10.1. The van der Waals surface area contributed by atoms with Crippen LogP contribution < -0.4 is 20.1 Å². The highest BCUT2D eigenvalue weighted by molar-refractivity contribution is 6.32. The van der Waals surface area contributed by atoms with Gasteiger partial charge < -0.3 is 20.1 Å². The van der Waals surface area contributed by atoms with Gasteiger partial charge in [0.05, 0.1) is 14.2 Å². The minimum Gasteiger partial charge on any atom is -0.493 e. The second-order valence-corrected chi connectivity index (χ2v) is 5.60. The minimum atomic E-state index is -0.274. The summed E-state index contributed by atoms with van der Waals surface area (Å²) in [6.07, 6.45) is 3.99. The molecule has 25 heavy (non-hydrogen) atoms. The molecule has 2 amide bonds. The minimum absolute atomic E-state index is 0.274. The molecular weight excluding hydrogens is 340 g/mol. The molecule has 0 aromatic heterocycles. The van der Waals surface area contributed by atoms with Gasteiger partial charge in [0.2, 0.25) is 0 Å². The van der Waals surface area contributed by atoms with Crippen LogP contribution in [-0.2, 0) is 6.42 Å². The van der Waals surface area contributed by atoms with E-state index >= 15 is 0 Å². The van der Waals surface area contributed by atoms with Gasteiger partial charge >= 0.3 is 6.03 Å². The first kappa shape index (κ1) is 18.7. The fourth-order valence-corrected chi connectivity index (χ4v) is 2.42. The van der Waals surface area contributed by atoms with E-state index in [-0.39, 0.29) is 6.03 Å². The number of urea groups is 1. The molecule has 0 saturated heterocycles. The lowest BCUT2D eigenvalue weighted by molar-refractivity contribution is 0.244. The molecule has 2 aromatic rings. The van der Waals surface area contributed by atoms with E-state index in [9.17, 15) is 4.79 Å². The van der Waals surface area contributed by atoms with Crippen LogP contribution in [0.15, 0.2) is 48.7 Å². The second-order valence-electron chi connectivity index (χ2n) is 5.19. The largest absolute Gasteiger partial charge is 0.493 e. The van der Waals surface area contributed by atoms with Gasteiger partial charge in [-0.25, -0.2) is 4.79 Å². The van der Waals surface area contributed by atoms with Crippen LogP contribution in [0.1, 0.15) is 11.1 Å². The Kier molecular flexibility index (Phi) is 7.16. The number of carbonyl (C=O) groups is 1. The van der Waals surface area contributed by atoms with Gasteiger partial charge in [0.15, 0.2) is 11.5 Å². The highest BCUT2D eigenvalue weighted by atomic mass is 35.5. The zero-order valence-electron chi connectivity index (χ0n) is 14.2. The fourth-order valence-electron chi connectivity index (χ4n) is 2.22. The monoisotopic (exact) mass is 360 g/mol. The Balaban J connectivity index is 1.78. The maximum Gasteiger partial charge on any atom is 0.318 e. The Morgan fingerprint density at radius 2 is 1.88 bits per heavy atom. The van der Waals surface area contributed by atoms with E-state index in [0.717, 1.165) is 11.1 Å². The Hall–Kier alpha value is -2.66. The first-order chi connectivity index (χ1) is 12.1. The fraction of sp³-hybridized carbons (Fsp3) is 0.211. The highest BCUT2D eigenvalue weighted by Crippen LogP contribution is 2.27. The lowest BCUT2D eigenvalue weighted by Gasteiger charge is -2.10. The quantitative estimate of drug-likeness (QED) is 0.788. The number of halogens is 1. The summed E-state index contributed by atoms with van der Waals surface area (Å²) in [4.78, 5) is 11.8. The number of ether oxygens (including phenoxy) is 2. The summed E-state index contributed by atoms with van der Waals surface area (Å²) >= 11 is 6.04. The van der Waals surface area contributed by atoms with Gasteiger partial charge in [-0.3, -0.25) is 0 Å². The smallest absolute Gasteiger partial charge is 0.318 e. The van der Waals surface area contributed by atoms with Crippen LogP contribution in [0.2, 0.25) is 5.02 Å². The van der Waals surface area contributed by atoms with Crippen molar-refractivity contribution >= 4 is 23.7 Å². The van der Waals surface area contributed by atoms with Crippen molar-refractivity contribution in [3.05, 3.63) is 64.8 Å². The second kappa shape index (κ2) is 9.59. The van der Waals surface area contributed by atoms with E-state index in [2.05, 4.69) is 10.6 Å².